The Kier molecular flexibility index (Phi) is 4.60. The number of nitrogens with one attached hydrogen (secondary N) is 1. The van der Waals surface area contributed by atoms with Gasteiger partial charge in [0.15, 0.2) is 0 Å². The minimum atomic E-state index is -0.381. The van der Waals surface area contributed by atoms with Crippen LogP contribution in [0, 0.1) is 11.3 Å². The molecule has 2 rings (SSSR count). The Morgan fingerprint density at radius 3 is 2.55 bits per heavy atom. The fourth-order valence-electron chi connectivity index (χ4n) is 1.93. The predicted molar refractivity (Wildman–Crippen MR) is 86.3 cm³/mol. The van der Waals surface area contributed by atoms with E-state index in [1.807, 2.05) is 24.3 Å². The number of nitrogen functional groups attached to an aromatic ring is 1. The van der Waals surface area contributed by atoms with Crippen molar-refractivity contribution in [2.24, 2.45) is 18.7 Å². The second kappa shape index (κ2) is 6.43. The molecule has 1 aromatic carbocycles. The van der Waals surface area contributed by atoms with E-state index in [4.69, 9.17) is 15.9 Å². The van der Waals surface area contributed by atoms with Crippen molar-refractivity contribution in [3.05, 3.63) is 46.2 Å². The Labute approximate surface area is 129 Å². The van der Waals surface area contributed by atoms with Crippen molar-refractivity contribution in [3.8, 4) is 17.0 Å². The van der Waals surface area contributed by atoms with Gasteiger partial charge in [0.1, 0.15) is 11.6 Å². The Balaban J connectivity index is 2.32. The molecule has 1 heterocycles. The third kappa shape index (κ3) is 3.52. The molecule has 0 amide bonds. The molecule has 0 aliphatic rings. The SMILES string of the molecule is CC(C)COc1ccc(-c2cc(C(=N)N)c(=O)n(C)n2)cc1. The van der Waals surface area contributed by atoms with Crippen LogP contribution in [-0.2, 0) is 7.05 Å². The van der Waals surface area contributed by atoms with E-state index >= 15 is 0 Å². The van der Waals surface area contributed by atoms with E-state index in [9.17, 15) is 4.79 Å². The molecule has 0 aliphatic heterocycles. The summed E-state index contributed by atoms with van der Waals surface area (Å²) >= 11 is 0. The molecule has 0 saturated heterocycles. The maximum atomic E-state index is 11.9. The summed E-state index contributed by atoms with van der Waals surface area (Å²) in [6.07, 6.45) is 0. The molecule has 0 fully saturated rings. The van der Waals surface area contributed by atoms with Gasteiger partial charge >= 0.3 is 0 Å². The van der Waals surface area contributed by atoms with Gasteiger partial charge in [-0.25, -0.2) is 4.68 Å². The molecule has 6 nitrogen and oxygen atoms in total. The van der Waals surface area contributed by atoms with Crippen molar-refractivity contribution >= 4 is 5.84 Å². The molecular formula is C16H20N4O2. The number of ether oxygens (including phenoxy) is 1. The van der Waals surface area contributed by atoms with E-state index in [0.29, 0.717) is 18.2 Å². The van der Waals surface area contributed by atoms with E-state index in [0.717, 1.165) is 11.3 Å². The van der Waals surface area contributed by atoms with Gasteiger partial charge in [-0.15, -0.1) is 0 Å². The van der Waals surface area contributed by atoms with Crippen LogP contribution in [0.5, 0.6) is 5.75 Å². The van der Waals surface area contributed by atoms with E-state index in [1.54, 1.807) is 7.05 Å². The maximum absolute atomic E-state index is 11.9. The summed E-state index contributed by atoms with van der Waals surface area (Å²) in [4.78, 5) is 11.9. The highest BCUT2D eigenvalue weighted by molar-refractivity contribution is 5.95. The zero-order valence-electron chi connectivity index (χ0n) is 13.0. The van der Waals surface area contributed by atoms with Crippen molar-refractivity contribution < 1.29 is 4.74 Å². The fraction of sp³-hybridized carbons (Fsp3) is 0.312. The van der Waals surface area contributed by atoms with Crippen LogP contribution in [0.15, 0.2) is 35.1 Å². The first-order valence-electron chi connectivity index (χ1n) is 7.04. The average Bonchev–Trinajstić information content (AvgIpc) is 2.48. The van der Waals surface area contributed by atoms with Gasteiger partial charge in [-0.05, 0) is 36.2 Å². The van der Waals surface area contributed by atoms with Crippen LogP contribution in [0.1, 0.15) is 19.4 Å². The topological polar surface area (TPSA) is 94.0 Å². The van der Waals surface area contributed by atoms with Crippen LogP contribution in [0.4, 0.5) is 0 Å². The molecule has 0 atom stereocenters. The third-order valence-corrected chi connectivity index (χ3v) is 3.09. The smallest absolute Gasteiger partial charge is 0.277 e. The largest absolute Gasteiger partial charge is 0.493 e. The van der Waals surface area contributed by atoms with Crippen molar-refractivity contribution in [1.29, 1.82) is 5.41 Å². The standard InChI is InChI=1S/C16H20N4O2/c1-10(2)9-22-12-6-4-11(5-7-12)14-8-13(15(17)18)16(21)20(3)19-14/h4-8,10H,9H2,1-3H3,(H3,17,18). The van der Waals surface area contributed by atoms with Crippen molar-refractivity contribution in [2.75, 3.05) is 6.61 Å². The van der Waals surface area contributed by atoms with Crippen molar-refractivity contribution in [1.82, 2.24) is 9.78 Å². The second-order valence-corrected chi connectivity index (χ2v) is 5.51. The molecular weight excluding hydrogens is 280 g/mol. The molecule has 3 N–H and O–H groups in total. The lowest BCUT2D eigenvalue weighted by Crippen LogP contribution is -2.29. The highest BCUT2D eigenvalue weighted by Crippen LogP contribution is 2.21. The van der Waals surface area contributed by atoms with Gasteiger partial charge in [-0.2, -0.15) is 5.10 Å². The number of aryl methyl sites for hydroxylation is 1. The van der Waals surface area contributed by atoms with Crippen LogP contribution in [0.3, 0.4) is 0 Å². The van der Waals surface area contributed by atoms with Gasteiger partial charge in [0.25, 0.3) is 5.56 Å². The van der Waals surface area contributed by atoms with Crippen LogP contribution in [0.2, 0.25) is 0 Å². The Hall–Kier alpha value is -2.63. The quantitative estimate of drug-likeness (QED) is 0.650. The molecule has 1 aromatic heterocycles. The molecule has 0 unspecified atom stereocenters. The Bertz CT molecular complexity index is 733. The molecule has 0 aliphatic carbocycles. The first kappa shape index (κ1) is 15.8. The van der Waals surface area contributed by atoms with E-state index < -0.39 is 0 Å². The zero-order valence-corrected chi connectivity index (χ0v) is 13.0. The normalized spacial score (nSPS) is 10.7. The summed E-state index contributed by atoms with van der Waals surface area (Å²) in [5.41, 5.74) is 6.62. The van der Waals surface area contributed by atoms with Crippen LogP contribution >= 0.6 is 0 Å². The lowest BCUT2D eigenvalue weighted by Gasteiger charge is -2.10. The summed E-state index contributed by atoms with van der Waals surface area (Å²) in [6.45, 7) is 4.84. The number of hydrogen-bond donors (Lipinski definition) is 2. The molecule has 0 bridgehead atoms. The summed E-state index contributed by atoms with van der Waals surface area (Å²) in [5.74, 6) is 0.985. The number of rotatable bonds is 5. The Morgan fingerprint density at radius 2 is 2.00 bits per heavy atom. The maximum Gasteiger partial charge on any atom is 0.277 e. The summed E-state index contributed by atoms with van der Waals surface area (Å²) in [6, 6.07) is 8.99. The predicted octanol–water partition coefficient (Wildman–Crippen LogP) is 1.77. The minimum Gasteiger partial charge on any atom is -0.493 e. The van der Waals surface area contributed by atoms with Gasteiger partial charge in [0, 0.05) is 12.6 Å². The number of hydrogen-bond acceptors (Lipinski definition) is 4. The van der Waals surface area contributed by atoms with E-state index in [-0.39, 0.29) is 17.0 Å². The zero-order chi connectivity index (χ0) is 16.3. The lowest BCUT2D eigenvalue weighted by atomic mass is 10.1. The average molecular weight is 300 g/mol. The molecule has 116 valence electrons. The summed E-state index contributed by atoms with van der Waals surface area (Å²) in [5, 5.41) is 11.7. The van der Waals surface area contributed by atoms with Gasteiger partial charge in [0.05, 0.1) is 17.9 Å². The molecule has 0 saturated carbocycles. The highest BCUT2D eigenvalue weighted by Gasteiger charge is 2.10. The van der Waals surface area contributed by atoms with Crippen LogP contribution in [0.25, 0.3) is 11.3 Å². The molecule has 6 heteroatoms. The van der Waals surface area contributed by atoms with Crippen molar-refractivity contribution in [2.45, 2.75) is 13.8 Å². The number of aromatic nitrogens is 2. The number of amidine groups is 1. The van der Waals surface area contributed by atoms with Crippen molar-refractivity contribution in [3.63, 3.8) is 0 Å². The molecule has 0 radical (unpaired) electrons. The van der Waals surface area contributed by atoms with Gasteiger partial charge in [-0.1, -0.05) is 13.8 Å². The van der Waals surface area contributed by atoms with Gasteiger partial charge < -0.3 is 10.5 Å². The second-order valence-electron chi connectivity index (χ2n) is 5.51. The molecule has 2 aromatic rings. The molecule has 22 heavy (non-hydrogen) atoms. The molecule has 0 spiro atoms. The number of benzene rings is 1. The number of nitrogens with two attached hydrogens (primary N) is 1. The van der Waals surface area contributed by atoms with Gasteiger partial charge in [0.2, 0.25) is 0 Å². The minimum absolute atomic E-state index is 0.146. The van der Waals surface area contributed by atoms with Crippen LogP contribution < -0.4 is 16.0 Å². The summed E-state index contributed by atoms with van der Waals surface area (Å²) in [7, 11) is 1.54. The third-order valence-electron chi connectivity index (χ3n) is 3.09. The first-order valence-corrected chi connectivity index (χ1v) is 7.04. The van der Waals surface area contributed by atoms with E-state index in [1.165, 1.54) is 10.7 Å². The lowest BCUT2D eigenvalue weighted by molar-refractivity contribution is 0.271. The monoisotopic (exact) mass is 300 g/mol. The van der Waals surface area contributed by atoms with E-state index in [2.05, 4.69) is 18.9 Å². The fourth-order valence-corrected chi connectivity index (χ4v) is 1.93. The Morgan fingerprint density at radius 1 is 1.36 bits per heavy atom. The van der Waals surface area contributed by atoms with Gasteiger partial charge in [-0.3, -0.25) is 10.2 Å². The number of nitrogens with zero attached hydrogens (tertiary/aromatic N) is 2. The highest BCUT2D eigenvalue weighted by atomic mass is 16.5. The van der Waals surface area contributed by atoms with Crippen LogP contribution in [-0.4, -0.2) is 22.2 Å². The summed E-state index contributed by atoms with van der Waals surface area (Å²) < 4.78 is 6.82. The first-order chi connectivity index (χ1) is 10.4.